The molecule has 4 rings (SSSR count). The van der Waals surface area contributed by atoms with E-state index in [-0.39, 0.29) is 12.6 Å². The number of esters is 1. The van der Waals surface area contributed by atoms with Gasteiger partial charge in [0, 0.05) is 54.7 Å². The Bertz CT molecular complexity index is 1060. The Hall–Kier alpha value is -3.23. The highest BCUT2D eigenvalue weighted by Crippen LogP contribution is 2.33. The van der Waals surface area contributed by atoms with Gasteiger partial charge in [0.25, 0.3) is 0 Å². The van der Waals surface area contributed by atoms with Gasteiger partial charge in [0.1, 0.15) is 5.75 Å². The molecule has 0 bridgehead atoms. The lowest BCUT2D eigenvalue weighted by Crippen LogP contribution is -2.51. The molecule has 1 saturated heterocycles. The normalized spacial score (nSPS) is 18.9. The van der Waals surface area contributed by atoms with E-state index in [4.69, 9.17) is 21.1 Å². The minimum Gasteiger partial charge on any atom is -0.496 e. The zero-order valence-corrected chi connectivity index (χ0v) is 20.1. The number of hydrogen-bond donors (Lipinski definition) is 2. The van der Waals surface area contributed by atoms with Crippen molar-refractivity contribution in [2.45, 2.75) is 13.0 Å². The summed E-state index contributed by atoms with van der Waals surface area (Å²) in [6.07, 6.45) is 0. The first-order chi connectivity index (χ1) is 16.5. The highest BCUT2D eigenvalue weighted by molar-refractivity contribution is 6.30. The van der Waals surface area contributed by atoms with Gasteiger partial charge in [0.05, 0.1) is 25.3 Å². The maximum absolute atomic E-state index is 13.1. The number of benzene rings is 2. The van der Waals surface area contributed by atoms with E-state index >= 15 is 0 Å². The van der Waals surface area contributed by atoms with Gasteiger partial charge in [-0.15, -0.1) is 0 Å². The number of rotatable bonds is 7. The molecule has 34 heavy (non-hydrogen) atoms. The molecule has 0 radical (unpaired) electrons. The standard InChI is InChI=1S/C25H29ClN4O4/c1-3-34-24(31)22-20(27-25(32)28-23(22)19-6-4-5-7-21(19)33-2)16-29-12-14-30(15-13-29)18-10-8-17(26)9-11-18/h4-11,23H,3,12-16H2,1-2H3,(H2,27,28,32)/t23-/m1/s1. The van der Waals surface area contributed by atoms with E-state index in [0.717, 1.165) is 31.9 Å². The first-order valence-corrected chi connectivity index (χ1v) is 11.7. The van der Waals surface area contributed by atoms with Gasteiger partial charge in [0.15, 0.2) is 0 Å². The van der Waals surface area contributed by atoms with Gasteiger partial charge in [-0.2, -0.15) is 0 Å². The lowest BCUT2D eigenvalue weighted by atomic mass is 9.94. The van der Waals surface area contributed by atoms with E-state index in [2.05, 4.69) is 20.4 Å². The molecule has 9 heteroatoms. The molecule has 2 aliphatic heterocycles. The highest BCUT2D eigenvalue weighted by atomic mass is 35.5. The Balaban J connectivity index is 1.57. The van der Waals surface area contributed by atoms with Crippen LogP contribution in [0.1, 0.15) is 18.5 Å². The van der Waals surface area contributed by atoms with E-state index in [1.807, 2.05) is 48.5 Å². The third-order valence-corrected chi connectivity index (χ3v) is 6.30. The van der Waals surface area contributed by atoms with E-state index in [0.29, 0.717) is 34.2 Å². The van der Waals surface area contributed by atoms with Gasteiger partial charge in [-0.1, -0.05) is 29.8 Å². The van der Waals surface area contributed by atoms with Crippen LogP contribution in [0.2, 0.25) is 5.02 Å². The minimum absolute atomic E-state index is 0.238. The van der Waals surface area contributed by atoms with Gasteiger partial charge >= 0.3 is 12.0 Å². The lowest BCUT2D eigenvalue weighted by Gasteiger charge is -2.38. The van der Waals surface area contributed by atoms with Crippen molar-refractivity contribution in [2.24, 2.45) is 0 Å². The summed E-state index contributed by atoms with van der Waals surface area (Å²) in [5.41, 5.74) is 2.78. The SMILES string of the molecule is CCOC(=O)C1=C(CN2CCN(c3ccc(Cl)cc3)CC2)NC(=O)N[C@@H]1c1ccccc1OC. The van der Waals surface area contributed by atoms with Crippen molar-refractivity contribution in [1.82, 2.24) is 15.5 Å². The predicted molar refractivity (Wildman–Crippen MR) is 131 cm³/mol. The smallest absolute Gasteiger partial charge is 0.338 e. The fourth-order valence-corrected chi connectivity index (χ4v) is 4.50. The Morgan fingerprint density at radius 3 is 2.47 bits per heavy atom. The van der Waals surface area contributed by atoms with Gasteiger partial charge in [-0.25, -0.2) is 9.59 Å². The monoisotopic (exact) mass is 484 g/mol. The number of anilines is 1. The van der Waals surface area contributed by atoms with Crippen LogP contribution in [-0.4, -0.2) is 63.3 Å². The maximum atomic E-state index is 13.1. The van der Waals surface area contributed by atoms with Crippen molar-refractivity contribution in [2.75, 3.05) is 51.3 Å². The average Bonchev–Trinajstić information content (AvgIpc) is 2.85. The second-order valence-corrected chi connectivity index (χ2v) is 8.56. The van der Waals surface area contributed by atoms with Gasteiger partial charge in [0.2, 0.25) is 0 Å². The quantitative estimate of drug-likeness (QED) is 0.586. The summed E-state index contributed by atoms with van der Waals surface area (Å²) in [5, 5.41) is 6.44. The largest absolute Gasteiger partial charge is 0.496 e. The molecule has 2 aromatic rings. The van der Waals surface area contributed by atoms with Crippen LogP contribution in [0.3, 0.4) is 0 Å². The Kier molecular flexibility index (Phi) is 7.59. The van der Waals surface area contributed by atoms with E-state index in [9.17, 15) is 9.59 Å². The second kappa shape index (κ2) is 10.8. The number of para-hydroxylation sites is 1. The fourth-order valence-electron chi connectivity index (χ4n) is 4.37. The van der Waals surface area contributed by atoms with Crippen LogP contribution in [0.15, 0.2) is 59.8 Å². The number of hydrogen-bond acceptors (Lipinski definition) is 6. The Morgan fingerprint density at radius 2 is 1.79 bits per heavy atom. The van der Waals surface area contributed by atoms with Crippen molar-refractivity contribution >= 4 is 29.3 Å². The number of nitrogens with zero attached hydrogens (tertiary/aromatic N) is 2. The molecule has 0 aromatic heterocycles. The van der Waals surface area contributed by atoms with Crippen LogP contribution >= 0.6 is 11.6 Å². The Morgan fingerprint density at radius 1 is 1.09 bits per heavy atom. The molecule has 2 heterocycles. The van der Waals surface area contributed by atoms with Crippen LogP contribution in [0.25, 0.3) is 0 Å². The molecule has 0 aliphatic carbocycles. The number of nitrogens with one attached hydrogen (secondary N) is 2. The van der Waals surface area contributed by atoms with Crippen LogP contribution in [-0.2, 0) is 9.53 Å². The molecule has 8 nitrogen and oxygen atoms in total. The summed E-state index contributed by atoms with van der Waals surface area (Å²) in [6, 6.07) is 14.1. The third-order valence-electron chi connectivity index (χ3n) is 6.04. The van der Waals surface area contributed by atoms with E-state index in [1.54, 1.807) is 14.0 Å². The molecule has 0 unspecified atom stereocenters. The van der Waals surface area contributed by atoms with E-state index in [1.165, 1.54) is 0 Å². The molecule has 2 N–H and O–H groups in total. The number of methoxy groups -OCH3 is 1. The second-order valence-electron chi connectivity index (χ2n) is 8.13. The number of urea groups is 1. The Labute approximate surface area is 204 Å². The molecular weight excluding hydrogens is 456 g/mol. The summed E-state index contributed by atoms with van der Waals surface area (Å²) < 4.78 is 10.9. The van der Waals surface area contributed by atoms with Crippen LogP contribution in [0.5, 0.6) is 5.75 Å². The first-order valence-electron chi connectivity index (χ1n) is 11.3. The fraction of sp³-hybridized carbons (Fsp3) is 0.360. The number of carbonyl (C=O) groups excluding carboxylic acids is 2. The van der Waals surface area contributed by atoms with Crippen molar-refractivity contribution < 1.29 is 19.1 Å². The number of ether oxygens (including phenoxy) is 2. The topological polar surface area (TPSA) is 83.1 Å². The average molecular weight is 485 g/mol. The van der Waals surface area contributed by atoms with E-state index < -0.39 is 12.0 Å². The molecule has 2 aromatic carbocycles. The third kappa shape index (κ3) is 5.29. The summed E-state index contributed by atoms with van der Waals surface area (Å²) >= 11 is 6.01. The zero-order valence-electron chi connectivity index (χ0n) is 19.3. The first kappa shape index (κ1) is 23.9. The number of piperazine rings is 1. The van der Waals surface area contributed by atoms with Crippen molar-refractivity contribution in [1.29, 1.82) is 0 Å². The lowest BCUT2D eigenvalue weighted by molar-refractivity contribution is -0.139. The number of halogens is 1. The molecule has 1 atom stereocenters. The summed E-state index contributed by atoms with van der Waals surface area (Å²) in [5.74, 6) is 0.133. The number of amides is 2. The molecule has 1 fully saturated rings. The zero-order chi connectivity index (χ0) is 24.1. The molecule has 2 aliphatic rings. The number of carbonyl (C=O) groups is 2. The molecule has 0 saturated carbocycles. The maximum Gasteiger partial charge on any atom is 0.338 e. The minimum atomic E-state index is -0.672. The van der Waals surface area contributed by atoms with Crippen LogP contribution in [0, 0.1) is 0 Å². The van der Waals surface area contributed by atoms with Crippen molar-refractivity contribution in [3.63, 3.8) is 0 Å². The summed E-state index contributed by atoms with van der Waals surface area (Å²) in [7, 11) is 1.57. The molecule has 0 spiro atoms. The summed E-state index contributed by atoms with van der Waals surface area (Å²) in [6.45, 7) is 5.65. The van der Waals surface area contributed by atoms with Gasteiger partial charge in [-0.05, 0) is 37.3 Å². The van der Waals surface area contributed by atoms with Crippen molar-refractivity contribution in [3.8, 4) is 5.75 Å². The van der Waals surface area contributed by atoms with Crippen molar-refractivity contribution in [3.05, 3.63) is 70.4 Å². The summed E-state index contributed by atoms with van der Waals surface area (Å²) in [4.78, 5) is 30.2. The highest BCUT2D eigenvalue weighted by Gasteiger charge is 2.36. The predicted octanol–water partition coefficient (Wildman–Crippen LogP) is 3.34. The molecule has 180 valence electrons. The van der Waals surface area contributed by atoms with Gasteiger partial charge < -0.3 is 25.0 Å². The van der Waals surface area contributed by atoms with Crippen LogP contribution in [0.4, 0.5) is 10.5 Å². The van der Waals surface area contributed by atoms with Gasteiger partial charge in [-0.3, -0.25) is 4.90 Å². The van der Waals surface area contributed by atoms with Crippen LogP contribution < -0.4 is 20.3 Å². The molecule has 2 amide bonds. The molecular formula is C25H29ClN4O4.